The molecular formula is C27H35IN3O8S-. The number of aliphatic hydroxyl groups is 1. The molecule has 0 saturated carbocycles. The molecule has 0 bridgehead atoms. The van der Waals surface area contributed by atoms with Crippen molar-refractivity contribution in [2.24, 2.45) is 5.92 Å². The first-order valence-electron chi connectivity index (χ1n) is 13.2. The Kier molecular flexibility index (Phi) is 9.49. The number of hydrogen-bond acceptors (Lipinski definition) is 9. The molecule has 11 nitrogen and oxygen atoms in total. The van der Waals surface area contributed by atoms with Crippen molar-refractivity contribution in [3.63, 3.8) is 0 Å². The Morgan fingerprint density at radius 1 is 1.18 bits per heavy atom. The summed E-state index contributed by atoms with van der Waals surface area (Å²) in [5.74, 6) is 0.533. The van der Waals surface area contributed by atoms with Crippen molar-refractivity contribution in [1.29, 1.82) is 0 Å². The molecule has 40 heavy (non-hydrogen) atoms. The third-order valence-corrected chi connectivity index (χ3v) is 12.5. The maximum atomic E-state index is 13.8. The third kappa shape index (κ3) is 6.72. The van der Waals surface area contributed by atoms with Crippen LogP contribution in [0.1, 0.15) is 6.42 Å². The molecule has 3 heterocycles. The molecule has 0 aliphatic carbocycles. The van der Waals surface area contributed by atoms with Gasteiger partial charge in [0.2, 0.25) is 0 Å². The number of carbonyl (C=O) groups is 1. The summed E-state index contributed by atoms with van der Waals surface area (Å²) in [5, 5.41) is 14.4. The molecule has 0 unspecified atom stereocenters. The van der Waals surface area contributed by atoms with Gasteiger partial charge in [-0.2, -0.15) is 0 Å². The fourth-order valence-electron chi connectivity index (χ4n) is 5.10. The van der Waals surface area contributed by atoms with Crippen LogP contribution in [-0.2, 0) is 24.2 Å². The second kappa shape index (κ2) is 12.9. The van der Waals surface area contributed by atoms with E-state index < -0.39 is 53.6 Å². The van der Waals surface area contributed by atoms with Crippen molar-refractivity contribution in [2.45, 2.75) is 39.9 Å². The summed E-state index contributed by atoms with van der Waals surface area (Å²) in [4.78, 5) is 15.2. The Labute approximate surface area is 245 Å². The fourth-order valence-corrected chi connectivity index (χ4v) is 9.39. The van der Waals surface area contributed by atoms with E-state index >= 15 is 0 Å². The number of aliphatic hydroxyl groups excluding tert-OH is 1. The maximum absolute atomic E-state index is 13.8. The van der Waals surface area contributed by atoms with Gasteiger partial charge in [-0.3, -0.25) is 0 Å². The number of ether oxygens (including phenoxy) is 4. The summed E-state index contributed by atoms with van der Waals surface area (Å²) in [7, 11) is -0.506. The topological polar surface area (TPSA) is 127 Å². The number of likely N-dealkylation sites (tertiary alicyclic amines) is 1. The second-order valence-corrected chi connectivity index (χ2v) is 15.2. The van der Waals surface area contributed by atoms with Crippen molar-refractivity contribution in [3.05, 3.63) is 58.2 Å². The summed E-state index contributed by atoms with van der Waals surface area (Å²) in [6.07, 6.45) is -1.86. The van der Waals surface area contributed by atoms with Crippen LogP contribution in [0.3, 0.4) is 0 Å². The van der Waals surface area contributed by atoms with Gasteiger partial charge in [0, 0.05) is 0 Å². The van der Waals surface area contributed by atoms with E-state index in [1.165, 1.54) is 23.5 Å². The monoisotopic (exact) mass is 688 g/mol. The zero-order chi connectivity index (χ0) is 28.3. The molecular weight excluding hydrogens is 653 g/mol. The fraction of sp³-hybridized carbons (Fsp3) is 0.519. The number of likely N-dealkylation sites (N-methyl/N-ethyl adjacent to an activating group) is 1. The standard InChI is InChI=1S/C27H35IN3O8S/c1-30-14-19(15-30)31(40(34,35)21-10-8-20(36-2)9-11-21)16-23(32)25(28-18-6-4-3-5-7-18)29-27(33)39-24-17-38-26-22(24)12-13-37-26/h3-11,19,22-26,32H,12-17H2,1-2H3,(H,29,33)/q-1/t22-,23-,24-,25-,26+/m1/s1. The number of fused-ring (bicyclic) bond motifs is 1. The Balaban J connectivity index is 1.33. The van der Waals surface area contributed by atoms with E-state index in [-0.39, 0.29) is 36.3 Å². The van der Waals surface area contributed by atoms with Crippen LogP contribution in [0.25, 0.3) is 0 Å². The summed E-state index contributed by atoms with van der Waals surface area (Å²) >= 11 is -0.956. The molecule has 2 N–H and O–H groups in total. The molecule has 0 aromatic heterocycles. The van der Waals surface area contributed by atoms with Crippen LogP contribution in [0.5, 0.6) is 5.75 Å². The summed E-state index contributed by atoms with van der Waals surface area (Å²) < 4.78 is 51.2. The summed E-state index contributed by atoms with van der Waals surface area (Å²) in [6, 6.07) is 15.5. The van der Waals surface area contributed by atoms with Crippen molar-refractivity contribution in [2.75, 3.05) is 47.0 Å². The van der Waals surface area contributed by atoms with E-state index in [4.69, 9.17) is 18.9 Å². The average Bonchev–Trinajstić information content (AvgIpc) is 3.55. The minimum absolute atomic E-state index is 0.0151. The molecule has 5 atom stereocenters. The number of nitrogens with zero attached hydrogens (tertiary/aromatic N) is 2. The van der Waals surface area contributed by atoms with Gasteiger partial charge in [-0.25, -0.2) is 0 Å². The first-order chi connectivity index (χ1) is 19.2. The van der Waals surface area contributed by atoms with Crippen molar-refractivity contribution < 1.29 is 58.5 Å². The molecule has 3 aliphatic heterocycles. The number of alkyl carbamates (subject to hydrolysis) is 1. The molecule has 13 heteroatoms. The number of hydrogen-bond donors (Lipinski definition) is 2. The van der Waals surface area contributed by atoms with E-state index in [2.05, 4.69) is 5.32 Å². The first kappa shape index (κ1) is 29.5. The van der Waals surface area contributed by atoms with Crippen molar-refractivity contribution in [1.82, 2.24) is 14.5 Å². The number of methoxy groups -OCH3 is 1. The molecule has 5 rings (SSSR count). The molecule has 2 aromatic carbocycles. The SMILES string of the molecule is COc1ccc(S(=O)(=O)N(C[C@@H](O)[C@@H](NC(=O)O[C@@H]2CO[C@@H]3OCC[C@@H]32)[I-]c2ccccc2)C2CN(C)C2)cc1. The van der Waals surface area contributed by atoms with Crippen LogP contribution < -0.4 is 31.3 Å². The molecule has 0 spiro atoms. The van der Waals surface area contributed by atoms with Gasteiger partial charge >= 0.3 is 246 Å². The van der Waals surface area contributed by atoms with Crippen molar-refractivity contribution >= 4 is 16.1 Å². The van der Waals surface area contributed by atoms with Gasteiger partial charge in [0.05, 0.1) is 0 Å². The second-order valence-electron chi connectivity index (χ2n) is 10.1. The van der Waals surface area contributed by atoms with Gasteiger partial charge in [-0.1, -0.05) is 0 Å². The van der Waals surface area contributed by atoms with E-state index in [1.54, 1.807) is 12.1 Å². The summed E-state index contributed by atoms with van der Waals surface area (Å²) in [6.45, 7) is 1.74. The van der Waals surface area contributed by atoms with Crippen LogP contribution >= 0.6 is 0 Å². The Hall–Kier alpha value is -2.01. The molecule has 3 saturated heterocycles. The quantitative estimate of drug-likeness (QED) is 0.159. The molecule has 1 amide bonds. The number of sulfonamides is 1. The van der Waals surface area contributed by atoms with Gasteiger partial charge in [-0.15, -0.1) is 0 Å². The zero-order valence-electron chi connectivity index (χ0n) is 22.4. The third-order valence-electron chi connectivity index (χ3n) is 7.30. The Morgan fingerprint density at radius 2 is 1.90 bits per heavy atom. The number of alkyl halides is 1. The predicted octanol–water partition coefficient (Wildman–Crippen LogP) is -1.87. The predicted molar refractivity (Wildman–Crippen MR) is 140 cm³/mol. The van der Waals surface area contributed by atoms with Gasteiger partial charge < -0.3 is 0 Å². The number of rotatable bonds is 11. The van der Waals surface area contributed by atoms with Gasteiger partial charge in [0.25, 0.3) is 0 Å². The van der Waals surface area contributed by atoms with Crippen LogP contribution in [0, 0.1) is 9.49 Å². The van der Waals surface area contributed by atoms with E-state index in [0.29, 0.717) is 25.4 Å². The average molecular weight is 689 g/mol. The number of nitrogens with one attached hydrogen (secondary N) is 1. The van der Waals surface area contributed by atoms with Gasteiger partial charge in [0.1, 0.15) is 0 Å². The Morgan fingerprint density at radius 3 is 2.58 bits per heavy atom. The number of carbonyl (C=O) groups excluding carboxylic acids is 1. The van der Waals surface area contributed by atoms with E-state index in [1.807, 2.05) is 42.3 Å². The molecule has 2 aromatic rings. The van der Waals surface area contributed by atoms with E-state index in [9.17, 15) is 18.3 Å². The number of amides is 1. The molecule has 3 fully saturated rings. The van der Waals surface area contributed by atoms with Crippen LogP contribution in [0.15, 0.2) is 59.5 Å². The Bertz CT molecular complexity index is 1250. The zero-order valence-corrected chi connectivity index (χ0v) is 25.4. The molecule has 3 aliphatic rings. The summed E-state index contributed by atoms with van der Waals surface area (Å²) in [5.41, 5.74) is 0. The number of benzene rings is 2. The normalized spacial score (nSPS) is 24.9. The van der Waals surface area contributed by atoms with Crippen LogP contribution in [0.4, 0.5) is 4.79 Å². The number of halogens is 1. The van der Waals surface area contributed by atoms with Crippen LogP contribution in [-0.4, -0.2) is 104 Å². The van der Waals surface area contributed by atoms with Gasteiger partial charge in [0.15, 0.2) is 0 Å². The molecule has 0 radical (unpaired) electrons. The van der Waals surface area contributed by atoms with Gasteiger partial charge in [-0.05, 0) is 0 Å². The van der Waals surface area contributed by atoms with E-state index in [0.717, 1.165) is 9.99 Å². The van der Waals surface area contributed by atoms with Crippen molar-refractivity contribution in [3.8, 4) is 5.75 Å². The minimum atomic E-state index is -3.94. The first-order valence-corrected chi connectivity index (χ1v) is 16.9. The molecule has 220 valence electrons. The van der Waals surface area contributed by atoms with Crippen LogP contribution in [0.2, 0.25) is 0 Å².